The van der Waals surface area contributed by atoms with Crippen molar-refractivity contribution in [2.45, 2.75) is 33.6 Å². The Balaban J connectivity index is 1.73. The number of anilines is 2. The number of hydrogen-bond acceptors (Lipinski definition) is 2. The molecule has 0 bridgehead atoms. The lowest BCUT2D eigenvalue weighted by Crippen LogP contribution is -2.35. The van der Waals surface area contributed by atoms with Crippen molar-refractivity contribution < 1.29 is 9.59 Å². The van der Waals surface area contributed by atoms with Gasteiger partial charge < -0.3 is 10.6 Å². The molecule has 2 aromatic rings. The van der Waals surface area contributed by atoms with Gasteiger partial charge in [-0.1, -0.05) is 29.8 Å². The first-order valence-corrected chi connectivity index (χ1v) is 8.17. The van der Waals surface area contributed by atoms with Crippen LogP contribution in [0.25, 0.3) is 0 Å². The molecule has 3 rings (SSSR count). The molecule has 0 spiro atoms. The molecule has 4 heteroatoms. The molecule has 1 aliphatic rings. The summed E-state index contributed by atoms with van der Waals surface area (Å²) in [4.78, 5) is 25.3. The molecule has 2 amide bonds. The molecule has 0 unspecified atom stereocenters. The van der Waals surface area contributed by atoms with E-state index in [-0.39, 0.29) is 11.8 Å². The number of nitrogens with one attached hydrogen (secondary N) is 2. The van der Waals surface area contributed by atoms with Crippen LogP contribution in [0.15, 0.2) is 42.5 Å². The Labute approximate surface area is 142 Å². The lowest BCUT2D eigenvalue weighted by atomic mass is 10.0. The first-order chi connectivity index (χ1) is 11.4. The predicted molar refractivity (Wildman–Crippen MR) is 96.0 cm³/mol. The molecule has 0 aromatic heterocycles. The standard InChI is InChI=1S/C20H22N2O2/c1-13-5-4-6-16(12-13)21-18(23)20(9-10-20)19(24)22-17-8-7-14(2)11-15(17)3/h4-8,11-12H,9-10H2,1-3H3,(H,21,23)(H,22,24). The van der Waals surface area contributed by atoms with Gasteiger partial charge in [-0.3, -0.25) is 9.59 Å². The normalized spacial score (nSPS) is 14.8. The molecular formula is C20H22N2O2. The number of rotatable bonds is 4. The van der Waals surface area contributed by atoms with Crippen LogP contribution >= 0.6 is 0 Å². The Hall–Kier alpha value is -2.62. The summed E-state index contributed by atoms with van der Waals surface area (Å²) in [6.45, 7) is 5.93. The average molecular weight is 322 g/mol. The SMILES string of the molecule is Cc1cccc(NC(=O)C2(C(=O)Nc3ccc(C)cc3C)CC2)c1. The molecule has 2 N–H and O–H groups in total. The van der Waals surface area contributed by atoms with Crippen LogP contribution in [0.1, 0.15) is 29.5 Å². The molecule has 1 aliphatic carbocycles. The minimum absolute atomic E-state index is 0.223. The summed E-state index contributed by atoms with van der Waals surface area (Å²) in [5.74, 6) is -0.449. The summed E-state index contributed by atoms with van der Waals surface area (Å²) >= 11 is 0. The topological polar surface area (TPSA) is 58.2 Å². The predicted octanol–water partition coefficient (Wildman–Crippen LogP) is 3.97. The number of benzene rings is 2. The summed E-state index contributed by atoms with van der Waals surface area (Å²) in [5, 5.41) is 5.79. The van der Waals surface area contributed by atoms with Crippen molar-refractivity contribution in [3.63, 3.8) is 0 Å². The van der Waals surface area contributed by atoms with Gasteiger partial charge in [0.1, 0.15) is 5.41 Å². The summed E-state index contributed by atoms with van der Waals surface area (Å²) in [7, 11) is 0. The molecule has 1 saturated carbocycles. The Bertz CT molecular complexity index is 807. The fourth-order valence-corrected chi connectivity index (χ4v) is 2.85. The molecule has 0 aliphatic heterocycles. The summed E-state index contributed by atoms with van der Waals surface area (Å²) in [5.41, 5.74) is 3.76. The van der Waals surface area contributed by atoms with E-state index in [1.165, 1.54) is 0 Å². The van der Waals surface area contributed by atoms with Crippen molar-refractivity contribution in [2.24, 2.45) is 5.41 Å². The first-order valence-electron chi connectivity index (χ1n) is 8.17. The monoisotopic (exact) mass is 322 g/mol. The van der Waals surface area contributed by atoms with Gasteiger partial charge in [0.15, 0.2) is 0 Å². The van der Waals surface area contributed by atoms with Crippen molar-refractivity contribution >= 4 is 23.2 Å². The third-order valence-corrected chi connectivity index (χ3v) is 4.53. The number of carbonyl (C=O) groups is 2. The van der Waals surface area contributed by atoms with E-state index in [1.807, 2.05) is 63.2 Å². The van der Waals surface area contributed by atoms with Crippen LogP contribution in [0, 0.1) is 26.2 Å². The van der Waals surface area contributed by atoms with E-state index in [2.05, 4.69) is 10.6 Å². The average Bonchev–Trinajstić information content (AvgIpc) is 3.32. The molecular weight excluding hydrogens is 300 g/mol. The smallest absolute Gasteiger partial charge is 0.240 e. The summed E-state index contributed by atoms with van der Waals surface area (Å²) in [6.07, 6.45) is 1.17. The number of amides is 2. The lowest BCUT2D eigenvalue weighted by Gasteiger charge is -2.17. The Morgan fingerprint density at radius 3 is 2.17 bits per heavy atom. The van der Waals surface area contributed by atoms with Gasteiger partial charge in [0.05, 0.1) is 0 Å². The van der Waals surface area contributed by atoms with Crippen LogP contribution < -0.4 is 10.6 Å². The second-order valence-electron chi connectivity index (χ2n) is 6.68. The van der Waals surface area contributed by atoms with Crippen LogP contribution in [0.4, 0.5) is 11.4 Å². The lowest BCUT2D eigenvalue weighted by molar-refractivity contribution is -0.131. The fraction of sp³-hybridized carbons (Fsp3) is 0.300. The van der Waals surface area contributed by atoms with E-state index in [1.54, 1.807) is 0 Å². The van der Waals surface area contributed by atoms with E-state index in [0.717, 1.165) is 28.1 Å². The zero-order valence-corrected chi connectivity index (χ0v) is 14.3. The highest BCUT2D eigenvalue weighted by Gasteiger charge is 2.56. The fourth-order valence-electron chi connectivity index (χ4n) is 2.85. The van der Waals surface area contributed by atoms with E-state index in [0.29, 0.717) is 12.8 Å². The third-order valence-electron chi connectivity index (χ3n) is 4.53. The molecule has 0 saturated heterocycles. The van der Waals surface area contributed by atoms with E-state index in [4.69, 9.17) is 0 Å². The zero-order valence-electron chi connectivity index (χ0n) is 14.3. The van der Waals surface area contributed by atoms with Gasteiger partial charge in [-0.2, -0.15) is 0 Å². The van der Waals surface area contributed by atoms with Gasteiger partial charge in [-0.25, -0.2) is 0 Å². The van der Waals surface area contributed by atoms with Crippen LogP contribution in [-0.2, 0) is 9.59 Å². The zero-order chi connectivity index (χ0) is 17.3. The molecule has 4 nitrogen and oxygen atoms in total. The van der Waals surface area contributed by atoms with Gasteiger partial charge in [-0.15, -0.1) is 0 Å². The second kappa shape index (κ2) is 6.11. The Morgan fingerprint density at radius 2 is 1.54 bits per heavy atom. The Morgan fingerprint density at radius 1 is 0.875 bits per heavy atom. The summed E-state index contributed by atoms with van der Waals surface area (Å²) < 4.78 is 0. The molecule has 0 atom stereocenters. The van der Waals surface area contributed by atoms with E-state index < -0.39 is 5.41 Å². The van der Waals surface area contributed by atoms with Crippen LogP contribution in [-0.4, -0.2) is 11.8 Å². The number of aryl methyl sites for hydroxylation is 3. The van der Waals surface area contributed by atoms with Crippen molar-refractivity contribution in [1.82, 2.24) is 0 Å². The molecule has 1 fully saturated rings. The van der Waals surface area contributed by atoms with Crippen molar-refractivity contribution in [1.29, 1.82) is 0 Å². The van der Waals surface area contributed by atoms with E-state index in [9.17, 15) is 9.59 Å². The maximum Gasteiger partial charge on any atom is 0.240 e. The second-order valence-corrected chi connectivity index (χ2v) is 6.68. The first kappa shape index (κ1) is 16.2. The summed E-state index contributed by atoms with van der Waals surface area (Å²) in [6, 6.07) is 13.4. The van der Waals surface area contributed by atoms with Gasteiger partial charge in [0, 0.05) is 11.4 Å². The Kier molecular flexibility index (Phi) is 4.14. The van der Waals surface area contributed by atoms with Gasteiger partial charge >= 0.3 is 0 Å². The van der Waals surface area contributed by atoms with Crippen LogP contribution in [0.3, 0.4) is 0 Å². The number of carbonyl (C=O) groups excluding carboxylic acids is 2. The number of hydrogen-bond donors (Lipinski definition) is 2. The van der Waals surface area contributed by atoms with Crippen molar-refractivity contribution in [3.8, 4) is 0 Å². The maximum absolute atomic E-state index is 12.7. The van der Waals surface area contributed by atoms with Crippen LogP contribution in [0.2, 0.25) is 0 Å². The largest absolute Gasteiger partial charge is 0.325 e. The minimum atomic E-state index is -0.943. The molecule has 0 radical (unpaired) electrons. The van der Waals surface area contributed by atoms with Crippen molar-refractivity contribution in [2.75, 3.05) is 10.6 Å². The highest BCUT2D eigenvalue weighted by Crippen LogP contribution is 2.47. The third kappa shape index (κ3) is 3.18. The maximum atomic E-state index is 12.7. The highest BCUT2D eigenvalue weighted by atomic mass is 16.2. The highest BCUT2D eigenvalue weighted by molar-refractivity contribution is 6.17. The minimum Gasteiger partial charge on any atom is -0.325 e. The van der Waals surface area contributed by atoms with Gasteiger partial charge in [-0.05, 0) is 62.9 Å². The van der Waals surface area contributed by atoms with Gasteiger partial charge in [0.2, 0.25) is 11.8 Å². The quantitative estimate of drug-likeness (QED) is 0.837. The van der Waals surface area contributed by atoms with Gasteiger partial charge in [0.25, 0.3) is 0 Å². The molecule has 0 heterocycles. The molecule has 24 heavy (non-hydrogen) atoms. The van der Waals surface area contributed by atoms with E-state index >= 15 is 0 Å². The van der Waals surface area contributed by atoms with Crippen LogP contribution in [0.5, 0.6) is 0 Å². The van der Waals surface area contributed by atoms with Crippen molar-refractivity contribution in [3.05, 3.63) is 59.2 Å². The molecule has 2 aromatic carbocycles. The molecule has 124 valence electrons.